The number of sulfonamides is 1. The van der Waals surface area contributed by atoms with Crippen LogP contribution in [0.15, 0.2) is 10.4 Å². The summed E-state index contributed by atoms with van der Waals surface area (Å²) >= 11 is 3.07. The maximum Gasteiger partial charge on any atom is 0.249 e. The van der Waals surface area contributed by atoms with Gasteiger partial charge >= 0.3 is 0 Å². The van der Waals surface area contributed by atoms with Gasteiger partial charge in [0, 0.05) is 23.6 Å². The minimum Gasteiger partial charge on any atom is -0.343 e. The number of aromatic nitrogens is 1. The summed E-state index contributed by atoms with van der Waals surface area (Å²) in [6, 6.07) is 0.355. The Balaban J connectivity index is 2.25. The fourth-order valence-electron chi connectivity index (χ4n) is 1.72. The molecule has 2 atom stereocenters. The van der Waals surface area contributed by atoms with E-state index in [2.05, 4.69) is 23.7 Å². The topological polar surface area (TPSA) is 76.3 Å². The van der Waals surface area contributed by atoms with Crippen molar-refractivity contribution >= 4 is 38.3 Å². The molecule has 2 heterocycles. The molecule has 0 amide bonds. The molecule has 2 N–H and O–H groups in total. The van der Waals surface area contributed by atoms with Crippen LogP contribution in [0.5, 0.6) is 0 Å². The Morgan fingerprint density at radius 2 is 2.24 bits per heavy atom. The molecule has 1 aliphatic heterocycles. The van der Waals surface area contributed by atoms with Crippen molar-refractivity contribution in [2.24, 2.45) is 5.14 Å². The number of primary sulfonamides is 1. The molecule has 0 radical (unpaired) electrons. The fourth-order valence-corrected chi connectivity index (χ4v) is 4.47. The van der Waals surface area contributed by atoms with Crippen LogP contribution in [0.2, 0.25) is 0 Å². The van der Waals surface area contributed by atoms with E-state index in [0.717, 1.165) is 28.8 Å². The molecule has 5 nitrogen and oxygen atoms in total. The largest absolute Gasteiger partial charge is 0.343 e. The zero-order valence-corrected chi connectivity index (χ0v) is 12.1. The van der Waals surface area contributed by atoms with Crippen LogP contribution in [0, 0.1) is 0 Å². The molecule has 2 rings (SSSR count). The second-order valence-corrected chi connectivity index (χ2v) is 8.30. The van der Waals surface area contributed by atoms with Gasteiger partial charge in [-0.3, -0.25) is 0 Å². The molecule has 1 saturated heterocycles. The lowest BCUT2D eigenvalue weighted by atomic mass is 10.2. The lowest BCUT2D eigenvalue weighted by Crippen LogP contribution is -2.44. The summed E-state index contributed by atoms with van der Waals surface area (Å²) in [5.41, 5.74) is 0. The Morgan fingerprint density at radius 3 is 2.82 bits per heavy atom. The zero-order chi connectivity index (χ0) is 12.6. The van der Waals surface area contributed by atoms with Gasteiger partial charge in [-0.2, -0.15) is 11.8 Å². The summed E-state index contributed by atoms with van der Waals surface area (Å²) in [6.07, 6.45) is 1.34. The molecule has 0 bridgehead atoms. The van der Waals surface area contributed by atoms with Crippen LogP contribution in [0.1, 0.15) is 13.8 Å². The second-order valence-electron chi connectivity index (χ2n) is 4.02. The Kier molecular flexibility index (Phi) is 3.67. The van der Waals surface area contributed by atoms with Gasteiger partial charge in [0.1, 0.15) is 0 Å². The van der Waals surface area contributed by atoms with Crippen LogP contribution in [-0.2, 0) is 10.0 Å². The number of hydrogen-bond donors (Lipinski definition) is 1. The molecular weight excluding hydrogens is 278 g/mol. The molecule has 2 unspecified atom stereocenters. The van der Waals surface area contributed by atoms with Gasteiger partial charge < -0.3 is 4.90 Å². The van der Waals surface area contributed by atoms with E-state index in [1.54, 1.807) is 0 Å². The average molecular weight is 293 g/mol. The first-order valence-corrected chi connectivity index (χ1v) is 8.67. The van der Waals surface area contributed by atoms with E-state index in [0.29, 0.717) is 11.3 Å². The van der Waals surface area contributed by atoms with Crippen molar-refractivity contribution in [3.05, 3.63) is 6.20 Å². The van der Waals surface area contributed by atoms with Crippen molar-refractivity contribution < 1.29 is 8.42 Å². The number of hydrogen-bond acceptors (Lipinski definition) is 6. The molecule has 1 aromatic heterocycles. The van der Waals surface area contributed by atoms with Crippen LogP contribution >= 0.6 is 23.1 Å². The minimum absolute atomic E-state index is 0.130. The normalized spacial score (nSPS) is 26.2. The molecule has 1 fully saturated rings. The van der Waals surface area contributed by atoms with Gasteiger partial charge in [-0.1, -0.05) is 18.3 Å². The molecule has 0 aromatic carbocycles. The summed E-state index contributed by atoms with van der Waals surface area (Å²) in [5.74, 6) is 1.04. The number of rotatable bonds is 2. The highest BCUT2D eigenvalue weighted by Gasteiger charge is 2.28. The number of nitrogens with two attached hydrogens (primary N) is 1. The Labute approximate surface area is 109 Å². The summed E-state index contributed by atoms with van der Waals surface area (Å²) < 4.78 is 22.5. The maximum atomic E-state index is 11.2. The van der Waals surface area contributed by atoms with Crippen LogP contribution < -0.4 is 10.0 Å². The van der Waals surface area contributed by atoms with Crippen LogP contribution in [-0.4, -0.2) is 37.0 Å². The van der Waals surface area contributed by atoms with Gasteiger partial charge in [0.15, 0.2) is 9.34 Å². The van der Waals surface area contributed by atoms with Crippen LogP contribution in [0.3, 0.4) is 0 Å². The second kappa shape index (κ2) is 4.75. The third kappa shape index (κ3) is 2.75. The van der Waals surface area contributed by atoms with E-state index in [4.69, 9.17) is 5.14 Å². The molecular formula is C9H15N3O2S3. The first-order valence-electron chi connectivity index (χ1n) is 5.26. The monoisotopic (exact) mass is 293 g/mol. The van der Waals surface area contributed by atoms with Crippen molar-refractivity contribution in [1.29, 1.82) is 0 Å². The summed E-state index contributed by atoms with van der Waals surface area (Å²) in [4.78, 5) is 6.32. The first kappa shape index (κ1) is 13.1. The number of anilines is 1. The smallest absolute Gasteiger partial charge is 0.249 e. The van der Waals surface area contributed by atoms with Gasteiger partial charge in [-0.15, -0.1) is 0 Å². The highest BCUT2D eigenvalue weighted by Crippen LogP contribution is 2.32. The average Bonchev–Trinajstić information content (AvgIpc) is 2.70. The molecule has 1 aliphatic rings. The lowest BCUT2D eigenvalue weighted by Gasteiger charge is -2.37. The van der Waals surface area contributed by atoms with Crippen LogP contribution in [0.25, 0.3) is 0 Å². The molecule has 1 aromatic rings. The van der Waals surface area contributed by atoms with Crippen LogP contribution in [0.4, 0.5) is 5.13 Å². The Morgan fingerprint density at radius 1 is 1.53 bits per heavy atom. The quantitative estimate of drug-likeness (QED) is 0.884. The van der Waals surface area contributed by atoms with Crippen molar-refractivity contribution in [2.75, 3.05) is 17.2 Å². The van der Waals surface area contributed by atoms with Gasteiger partial charge in [-0.25, -0.2) is 18.5 Å². The third-order valence-electron chi connectivity index (χ3n) is 2.88. The molecule has 0 saturated carbocycles. The number of thioether (sulfide) groups is 1. The van der Waals surface area contributed by atoms with Crippen molar-refractivity contribution in [2.45, 2.75) is 29.3 Å². The third-order valence-corrected chi connectivity index (χ3v) is 6.66. The predicted molar refractivity (Wildman–Crippen MR) is 72.2 cm³/mol. The van der Waals surface area contributed by atoms with Gasteiger partial charge in [0.2, 0.25) is 10.0 Å². The van der Waals surface area contributed by atoms with Crippen molar-refractivity contribution in [3.63, 3.8) is 0 Å². The molecule has 0 aliphatic carbocycles. The number of thiazole rings is 1. The Hall–Kier alpha value is -0.310. The van der Waals surface area contributed by atoms with E-state index in [1.807, 2.05) is 11.8 Å². The summed E-state index contributed by atoms with van der Waals surface area (Å²) in [6.45, 7) is 5.21. The highest BCUT2D eigenvalue weighted by atomic mass is 32.2. The van der Waals surface area contributed by atoms with Gasteiger partial charge in [-0.05, 0) is 6.92 Å². The zero-order valence-electron chi connectivity index (χ0n) is 9.66. The van der Waals surface area contributed by atoms with E-state index < -0.39 is 10.0 Å². The molecule has 0 spiro atoms. The minimum atomic E-state index is -3.63. The molecule has 96 valence electrons. The van der Waals surface area contributed by atoms with E-state index in [9.17, 15) is 8.42 Å². The molecule has 8 heteroatoms. The van der Waals surface area contributed by atoms with Gasteiger partial charge in [0.05, 0.1) is 6.20 Å². The standard InChI is InChI=1S/C9H15N3O2S3/c1-6-7(2)15-4-3-12(6)9-11-5-8(16-9)17(10,13)14/h5-7H,3-4H2,1-2H3,(H2,10,13,14). The van der Waals surface area contributed by atoms with E-state index >= 15 is 0 Å². The maximum absolute atomic E-state index is 11.2. The lowest BCUT2D eigenvalue weighted by molar-refractivity contribution is 0.599. The number of nitrogens with zero attached hydrogens (tertiary/aromatic N) is 2. The van der Waals surface area contributed by atoms with Gasteiger partial charge in [0.25, 0.3) is 0 Å². The van der Waals surface area contributed by atoms with E-state index in [-0.39, 0.29) is 4.21 Å². The van der Waals surface area contributed by atoms with Crippen molar-refractivity contribution in [3.8, 4) is 0 Å². The summed E-state index contributed by atoms with van der Waals surface area (Å²) in [7, 11) is -3.63. The first-order chi connectivity index (χ1) is 7.89. The van der Waals surface area contributed by atoms with Crippen molar-refractivity contribution in [1.82, 2.24) is 4.98 Å². The summed E-state index contributed by atoms with van der Waals surface area (Å²) in [5, 5.41) is 6.34. The highest BCUT2D eigenvalue weighted by molar-refractivity contribution is 8.00. The fraction of sp³-hybridized carbons (Fsp3) is 0.667. The SMILES string of the molecule is CC1SCCN(c2ncc(S(N)(=O)=O)s2)C1C. The Bertz CT molecular complexity index is 499. The van der Waals surface area contributed by atoms with E-state index in [1.165, 1.54) is 6.20 Å². The molecule has 17 heavy (non-hydrogen) atoms. The predicted octanol–water partition coefficient (Wildman–Crippen LogP) is 1.12.